The first-order chi connectivity index (χ1) is 9.06. The van der Waals surface area contributed by atoms with Gasteiger partial charge in [0.05, 0.1) is 4.92 Å². The monoisotopic (exact) mass is 264 g/mol. The van der Waals surface area contributed by atoms with Crippen molar-refractivity contribution in [1.82, 2.24) is 9.80 Å². The predicted octanol–water partition coefficient (Wildman–Crippen LogP) is 1.31. The molecule has 0 spiro atoms. The molecule has 0 atom stereocenters. The van der Waals surface area contributed by atoms with E-state index in [2.05, 4.69) is 16.8 Å². The summed E-state index contributed by atoms with van der Waals surface area (Å²) in [6.45, 7) is 4.78. The van der Waals surface area contributed by atoms with Crippen LogP contribution in [0.3, 0.4) is 0 Å². The number of benzene rings is 1. The number of rotatable bonds is 3. The number of nitrogen functional groups attached to an aromatic ring is 1. The van der Waals surface area contributed by atoms with E-state index in [-0.39, 0.29) is 10.6 Å². The zero-order valence-electron chi connectivity index (χ0n) is 11.2. The van der Waals surface area contributed by atoms with Crippen molar-refractivity contribution < 1.29 is 4.92 Å². The Hall–Kier alpha value is -1.66. The van der Waals surface area contributed by atoms with E-state index in [1.54, 1.807) is 12.1 Å². The van der Waals surface area contributed by atoms with Crippen molar-refractivity contribution in [3.05, 3.63) is 33.9 Å². The summed E-state index contributed by atoms with van der Waals surface area (Å²) in [5.74, 6) is 0. The third kappa shape index (κ3) is 3.65. The summed E-state index contributed by atoms with van der Waals surface area (Å²) < 4.78 is 0. The largest absolute Gasteiger partial charge is 0.398 e. The number of nitro groups is 1. The number of likely N-dealkylation sites (N-methyl/N-ethyl adjacent to an activating group) is 1. The first-order valence-electron chi connectivity index (χ1n) is 6.50. The zero-order chi connectivity index (χ0) is 13.8. The third-order valence-electron chi connectivity index (χ3n) is 3.54. The molecule has 2 N–H and O–H groups in total. The molecule has 0 saturated carbocycles. The SMILES string of the molecule is CN1CCCN(Cc2cc([N+](=O)[O-])ccc2N)CC1. The Kier molecular flexibility index (Phi) is 4.34. The lowest BCUT2D eigenvalue weighted by atomic mass is 10.1. The molecule has 1 fully saturated rings. The number of nitrogens with zero attached hydrogens (tertiary/aromatic N) is 3. The van der Waals surface area contributed by atoms with Crippen LogP contribution in [0.25, 0.3) is 0 Å². The maximum absolute atomic E-state index is 10.8. The van der Waals surface area contributed by atoms with Gasteiger partial charge in [-0.25, -0.2) is 0 Å². The highest BCUT2D eigenvalue weighted by Gasteiger charge is 2.15. The quantitative estimate of drug-likeness (QED) is 0.506. The Bertz CT molecular complexity index is 464. The van der Waals surface area contributed by atoms with Crippen molar-refractivity contribution in [2.24, 2.45) is 0 Å². The minimum Gasteiger partial charge on any atom is -0.398 e. The molecule has 6 heteroatoms. The molecule has 1 heterocycles. The third-order valence-corrected chi connectivity index (χ3v) is 3.54. The summed E-state index contributed by atoms with van der Waals surface area (Å²) in [4.78, 5) is 15.0. The molecule has 0 radical (unpaired) electrons. The lowest BCUT2D eigenvalue weighted by Crippen LogP contribution is -2.28. The first kappa shape index (κ1) is 13.8. The van der Waals surface area contributed by atoms with E-state index in [9.17, 15) is 10.1 Å². The number of anilines is 1. The van der Waals surface area contributed by atoms with E-state index in [0.29, 0.717) is 12.2 Å². The molecule has 1 aromatic carbocycles. The number of nitro benzene ring substituents is 1. The van der Waals surface area contributed by atoms with Crippen LogP contribution in [0.15, 0.2) is 18.2 Å². The average Bonchev–Trinajstić information content (AvgIpc) is 2.57. The van der Waals surface area contributed by atoms with Crippen LogP contribution in [-0.2, 0) is 6.54 Å². The normalized spacial score (nSPS) is 18.2. The number of hydrogen-bond acceptors (Lipinski definition) is 5. The molecular weight excluding hydrogens is 244 g/mol. The Morgan fingerprint density at radius 3 is 2.84 bits per heavy atom. The highest BCUT2D eigenvalue weighted by atomic mass is 16.6. The summed E-state index contributed by atoms with van der Waals surface area (Å²) in [7, 11) is 2.12. The van der Waals surface area contributed by atoms with Crippen molar-refractivity contribution in [3.63, 3.8) is 0 Å². The van der Waals surface area contributed by atoms with Crippen LogP contribution in [0.2, 0.25) is 0 Å². The van der Waals surface area contributed by atoms with Crippen molar-refractivity contribution in [2.45, 2.75) is 13.0 Å². The van der Waals surface area contributed by atoms with Crippen molar-refractivity contribution in [3.8, 4) is 0 Å². The molecule has 0 unspecified atom stereocenters. The summed E-state index contributed by atoms with van der Waals surface area (Å²) in [6, 6.07) is 4.66. The van der Waals surface area contributed by atoms with Gasteiger partial charge >= 0.3 is 0 Å². The van der Waals surface area contributed by atoms with E-state index in [0.717, 1.165) is 38.2 Å². The smallest absolute Gasteiger partial charge is 0.269 e. The van der Waals surface area contributed by atoms with Crippen LogP contribution in [0.5, 0.6) is 0 Å². The van der Waals surface area contributed by atoms with Gasteiger partial charge in [-0.1, -0.05) is 0 Å². The van der Waals surface area contributed by atoms with Gasteiger partial charge in [-0.15, -0.1) is 0 Å². The minimum atomic E-state index is -0.376. The van der Waals surface area contributed by atoms with Gasteiger partial charge in [0, 0.05) is 37.5 Å². The van der Waals surface area contributed by atoms with Gasteiger partial charge in [-0.05, 0) is 38.2 Å². The maximum atomic E-state index is 10.8. The topological polar surface area (TPSA) is 75.6 Å². The number of nitrogens with two attached hydrogens (primary N) is 1. The molecule has 0 aliphatic carbocycles. The molecule has 1 aromatic rings. The van der Waals surface area contributed by atoms with Gasteiger partial charge in [-0.2, -0.15) is 0 Å². The van der Waals surface area contributed by atoms with E-state index >= 15 is 0 Å². The first-order valence-corrected chi connectivity index (χ1v) is 6.50. The molecule has 0 bridgehead atoms. The summed E-state index contributed by atoms with van der Waals surface area (Å²) in [5, 5.41) is 10.8. The zero-order valence-corrected chi connectivity index (χ0v) is 11.2. The molecule has 1 saturated heterocycles. The molecule has 19 heavy (non-hydrogen) atoms. The van der Waals surface area contributed by atoms with Crippen molar-refractivity contribution >= 4 is 11.4 Å². The van der Waals surface area contributed by atoms with Gasteiger partial charge in [-0.3, -0.25) is 15.0 Å². The summed E-state index contributed by atoms with van der Waals surface area (Å²) >= 11 is 0. The minimum absolute atomic E-state index is 0.108. The van der Waals surface area contributed by atoms with Crippen LogP contribution in [0, 0.1) is 10.1 Å². The van der Waals surface area contributed by atoms with Gasteiger partial charge in [0.1, 0.15) is 0 Å². The van der Waals surface area contributed by atoms with Crippen molar-refractivity contribution in [1.29, 1.82) is 0 Å². The molecule has 6 nitrogen and oxygen atoms in total. The van der Waals surface area contributed by atoms with E-state index < -0.39 is 0 Å². The Morgan fingerprint density at radius 1 is 1.32 bits per heavy atom. The van der Waals surface area contributed by atoms with E-state index in [1.807, 2.05) is 0 Å². The van der Waals surface area contributed by atoms with Crippen LogP contribution in [-0.4, -0.2) is 47.9 Å². The van der Waals surface area contributed by atoms with Gasteiger partial charge in [0.2, 0.25) is 0 Å². The highest BCUT2D eigenvalue weighted by molar-refractivity contribution is 5.52. The van der Waals surface area contributed by atoms with E-state index in [1.165, 1.54) is 6.07 Å². The molecule has 2 rings (SSSR count). The van der Waals surface area contributed by atoms with Crippen LogP contribution in [0.1, 0.15) is 12.0 Å². The van der Waals surface area contributed by atoms with Crippen LogP contribution >= 0.6 is 0 Å². The molecular formula is C13H20N4O2. The summed E-state index contributed by atoms with van der Waals surface area (Å²) in [5.41, 5.74) is 7.50. The second-order valence-corrected chi connectivity index (χ2v) is 5.07. The molecule has 0 aromatic heterocycles. The second-order valence-electron chi connectivity index (χ2n) is 5.07. The highest BCUT2D eigenvalue weighted by Crippen LogP contribution is 2.21. The van der Waals surface area contributed by atoms with Crippen LogP contribution < -0.4 is 5.73 Å². The maximum Gasteiger partial charge on any atom is 0.269 e. The lowest BCUT2D eigenvalue weighted by molar-refractivity contribution is -0.384. The fourth-order valence-corrected chi connectivity index (χ4v) is 2.34. The van der Waals surface area contributed by atoms with Crippen LogP contribution in [0.4, 0.5) is 11.4 Å². The Balaban J connectivity index is 2.09. The standard InChI is InChI=1S/C13H20N4O2/c1-15-5-2-6-16(8-7-15)10-11-9-12(17(18)19)3-4-13(11)14/h3-4,9H,2,5-8,10,14H2,1H3. The Morgan fingerprint density at radius 2 is 2.11 bits per heavy atom. The van der Waals surface area contributed by atoms with Gasteiger partial charge in [0.25, 0.3) is 5.69 Å². The summed E-state index contributed by atoms with van der Waals surface area (Å²) in [6.07, 6.45) is 1.12. The number of hydrogen-bond donors (Lipinski definition) is 1. The molecule has 1 aliphatic heterocycles. The predicted molar refractivity (Wildman–Crippen MR) is 74.9 cm³/mol. The fraction of sp³-hybridized carbons (Fsp3) is 0.538. The molecule has 0 amide bonds. The fourth-order valence-electron chi connectivity index (χ4n) is 2.34. The second kappa shape index (κ2) is 5.99. The Labute approximate surface area is 112 Å². The average molecular weight is 264 g/mol. The van der Waals surface area contributed by atoms with Crippen molar-refractivity contribution in [2.75, 3.05) is 39.0 Å². The molecule has 104 valence electrons. The van der Waals surface area contributed by atoms with Gasteiger partial charge < -0.3 is 10.6 Å². The number of non-ortho nitro benzene ring substituents is 1. The lowest BCUT2D eigenvalue weighted by Gasteiger charge is -2.20. The van der Waals surface area contributed by atoms with Gasteiger partial charge in [0.15, 0.2) is 0 Å². The molecule has 1 aliphatic rings. The van der Waals surface area contributed by atoms with E-state index in [4.69, 9.17) is 5.73 Å².